The van der Waals surface area contributed by atoms with E-state index in [9.17, 15) is 9.59 Å². The molecular weight excluding hydrogens is 226 g/mol. The number of aliphatic carboxylic acids is 1. The van der Waals surface area contributed by atoms with Crippen molar-refractivity contribution in [3.63, 3.8) is 0 Å². The number of rotatable bonds is 4. The summed E-state index contributed by atoms with van der Waals surface area (Å²) in [5, 5.41) is 8.41. The second kappa shape index (κ2) is 5.35. The Morgan fingerprint density at radius 2 is 2.06 bits per heavy atom. The van der Waals surface area contributed by atoms with Crippen LogP contribution in [0.3, 0.4) is 0 Å². The van der Waals surface area contributed by atoms with Gasteiger partial charge in [-0.05, 0) is 27.2 Å². The van der Waals surface area contributed by atoms with Gasteiger partial charge in [-0.2, -0.15) is 0 Å². The summed E-state index contributed by atoms with van der Waals surface area (Å²) >= 11 is 0. The number of carbonyl (C=O) groups excluding carboxylic acids is 1. The van der Waals surface area contributed by atoms with Crippen LogP contribution < -0.4 is 0 Å². The van der Waals surface area contributed by atoms with Gasteiger partial charge in [-0.25, -0.2) is 9.59 Å². The van der Waals surface area contributed by atoms with E-state index in [1.165, 1.54) is 0 Å². The molecule has 0 aromatic rings. The standard InChI is InChI=1S/C11H19NO5/c1-11(2,3)17-10(15)12-5-4-8(12)6-16-7-9(13)14/h8H,4-7H2,1-3H3,(H,13,14)/t8-/m0/s1. The molecule has 0 bridgehead atoms. The van der Waals surface area contributed by atoms with Crippen molar-refractivity contribution in [2.75, 3.05) is 19.8 Å². The van der Waals surface area contributed by atoms with Crippen LogP contribution in [0.2, 0.25) is 0 Å². The lowest BCUT2D eigenvalue weighted by Crippen LogP contribution is -2.54. The van der Waals surface area contributed by atoms with Crippen LogP contribution in [0.5, 0.6) is 0 Å². The second-order valence-corrected chi connectivity index (χ2v) is 5.03. The van der Waals surface area contributed by atoms with Gasteiger partial charge in [0.15, 0.2) is 0 Å². The first kappa shape index (κ1) is 13.8. The Balaban J connectivity index is 2.30. The number of carbonyl (C=O) groups is 2. The Labute approximate surface area is 100 Å². The van der Waals surface area contributed by atoms with Crippen molar-refractivity contribution in [2.45, 2.75) is 38.8 Å². The van der Waals surface area contributed by atoms with Crippen molar-refractivity contribution in [3.05, 3.63) is 0 Å². The fourth-order valence-electron chi connectivity index (χ4n) is 1.46. The maximum absolute atomic E-state index is 11.7. The highest BCUT2D eigenvalue weighted by Gasteiger charge is 2.35. The maximum atomic E-state index is 11.7. The largest absolute Gasteiger partial charge is 0.480 e. The lowest BCUT2D eigenvalue weighted by molar-refractivity contribution is -0.143. The fourth-order valence-corrected chi connectivity index (χ4v) is 1.46. The third-order valence-corrected chi connectivity index (χ3v) is 2.31. The van der Waals surface area contributed by atoms with Crippen LogP contribution in [-0.4, -0.2) is 53.5 Å². The number of hydrogen-bond donors (Lipinski definition) is 1. The van der Waals surface area contributed by atoms with Crippen molar-refractivity contribution < 1.29 is 24.2 Å². The molecule has 0 saturated carbocycles. The van der Waals surface area contributed by atoms with Crippen LogP contribution in [0.1, 0.15) is 27.2 Å². The summed E-state index contributed by atoms with van der Waals surface area (Å²) in [6.45, 7) is 5.96. The average molecular weight is 245 g/mol. The molecule has 0 aromatic heterocycles. The van der Waals surface area contributed by atoms with Gasteiger partial charge in [-0.3, -0.25) is 0 Å². The molecule has 1 atom stereocenters. The number of carboxylic acids is 1. The van der Waals surface area contributed by atoms with Crippen LogP contribution >= 0.6 is 0 Å². The minimum Gasteiger partial charge on any atom is -0.480 e. The topological polar surface area (TPSA) is 76.1 Å². The lowest BCUT2D eigenvalue weighted by atomic mass is 10.1. The highest BCUT2D eigenvalue weighted by atomic mass is 16.6. The number of carboxylic acid groups (broad SMARTS) is 1. The number of hydrogen-bond acceptors (Lipinski definition) is 4. The van der Waals surface area contributed by atoms with Crippen molar-refractivity contribution in [2.24, 2.45) is 0 Å². The normalized spacial score (nSPS) is 19.7. The quantitative estimate of drug-likeness (QED) is 0.802. The van der Waals surface area contributed by atoms with Crippen LogP contribution in [0.4, 0.5) is 4.79 Å². The molecule has 1 heterocycles. The molecule has 1 N–H and O–H groups in total. The predicted molar refractivity (Wildman–Crippen MR) is 59.8 cm³/mol. The minimum atomic E-state index is -1.01. The van der Waals surface area contributed by atoms with E-state index in [0.717, 1.165) is 6.42 Å². The monoisotopic (exact) mass is 245 g/mol. The van der Waals surface area contributed by atoms with Crippen molar-refractivity contribution in [3.8, 4) is 0 Å². The summed E-state index contributed by atoms with van der Waals surface area (Å²) < 4.78 is 10.2. The van der Waals surface area contributed by atoms with Crippen molar-refractivity contribution in [1.82, 2.24) is 4.90 Å². The Kier molecular flexibility index (Phi) is 4.34. The van der Waals surface area contributed by atoms with E-state index in [1.54, 1.807) is 25.7 Å². The molecule has 1 aliphatic rings. The summed E-state index contributed by atoms with van der Waals surface area (Å²) in [7, 11) is 0. The van der Waals surface area contributed by atoms with Crippen molar-refractivity contribution in [1.29, 1.82) is 0 Å². The zero-order valence-electron chi connectivity index (χ0n) is 10.4. The first-order chi connectivity index (χ1) is 7.79. The predicted octanol–water partition coefficient (Wildman–Crippen LogP) is 1.10. The van der Waals surface area contributed by atoms with E-state index in [2.05, 4.69) is 0 Å². The molecule has 0 radical (unpaired) electrons. The summed E-state index contributed by atoms with van der Waals surface area (Å²) in [5.41, 5.74) is -0.515. The van der Waals surface area contributed by atoms with Crippen molar-refractivity contribution >= 4 is 12.1 Å². The Bertz CT molecular complexity index is 297. The van der Waals surface area contributed by atoms with E-state index in [4.69, 9.17) is 14.6 Å². The van der Waals surface area contributed by atoms with E-state index in [1.807, 2.05) is 0 Å². The molecule has 6 nitrogen and oxygen atoms in total. The molecule has 1 aliphatic heterocycles. The molecule has 0 aliphatic carbocycles. The molecule has 0 spiro atoms. The molecule has 6 heteroatoms. The molecule has 1 rings (SSSR count). The molecular formula is C11H19NO5. The van der Waals surface area contributed by atoms with Crippen LogP contribution in [0.15, 0.2) is 0 Å². The van der Waals surface area contributed by atoms with E-state index in [-0.39, 0.29) is 25.3 Å². The van der Waals surface area contributed by atoms with Gasteiger partial charge in [0, 0.05) is 6.54 Å². The van der Waals surface area contributed by atoms with E-state index < -0.39 is 11.6 Å². The van der Waals surface area contributed by atoms with Gasteiger partial charge in [-0.15, -0.1) is 0 Å². The van der Waals surface area contributed by atoms with Gasteiger partial charge < -0.3 is 19.5 Å². The van der Waals surface area contributed by atoms with Gasteiger partial charge >= 0.3 is 12.1 Å². The van der Waals surface area contributed by atoms with Crippen LogP contribution in [0.25, 0.3) is 0 Å². The number of amides is 1. The Hall–Kier alpha value is -1.30. The molecule has 1 saturated heterocycles. The highest BCUT2D eigenvalue weighted by molar-refractivity contribution is 5.69. The molecule has 17 heavy (non-hydrogen) atoms. The van der Waals surface area contributed by atoms with Gasteiger partial charge in [0.1, 0.15) is 12.2 Å². The Morgan fingerprint density at radius 3 is 2.47 bits per heavy atom. The molecule has 1 fully saturated rings. The van der Waals surface area contributed by atoms with Crippen LogP contribution in [0, 0.1) is 0 Å². The molecule has 0 aromatic carbocycles. The van der Waals surface area contributed by atoms with Gasteiger partial charge in [0.2, 0.25) is 0 Å². The zero-order chi connectivity index (χ0) is 13.1. The van der Waals surface area contributed by atoms with Crippen LogP contribution in [-0.2, 0) is 14.3 Å². The van der Waals surface area contributed by atoms with Gasteiger partial charge in [-0.1, -0.05) is 0 Å². The molecule has 0 unspecified atom stereocenters. The smallest absolute Gasteiger partial charge is 0.410 e. The first-order valence-corrected chi connectivity index (χ1v) is 5.59. The van der Waals surface area contributed by atoms with Gasteiger partial charge in [0.25, 0.3) is 0 Å². The average Bonchev–Trinajstić information content (AvgIpc) is 2.06. The molecule has 1 amide bonds. The lowest BCUT2D eigenvalue weighted by Gasteiger charge is -2.41. The zero-order valence-corrected chi connectivity index (χ0v) is 10.4. The summed E-state index contributed by atoms with van der Waals surface area (Å²) in [6.07, 6.45) is 0.450. The van der Waals surface area contributed by atoms with Gasteiger partial charge in [0.05, 0.1) is 12.6 Å². The number of likely N-dealkylation sites (tertiary alicyclic amines) is 1. The maximum Gasteiger partial charge on any atom is 0.410 e. The summed E-state index contributed by atoms with van der Waals surface area (Å²) in [4.78, 5) is 23.5. The third-order valence-electron chi connectivity index (χ3n) is 2.31. The second-order valence-electron chi connectivity index (χ2n) is 5.03. The molecule has 98 valence electrons. The SMILES string of the molecule is CC(C)(C)OC(=O)N1CC[C@H]1COCC(=O)O. The third kappa shape index (κ3) is 4.60. The Morgan fingerprint density at radius 1 is 1.41 bits per heavy atom. The summed E-state index contributed by atoms with van der Waals surface area (Å²) in [5.74, 6) is -1.01. The number of ether oxygens (including phenoxy) is 2. The fraction of sp³-hybridized carbons (Fsp3) is 0.818. The minimum absolute atomic E-state index is 0.0656. The highest BCUT2D eigenvalue weighted by Crippen LogP contribution is 2.21. The first-order valence-electron chi connectivity index (χ1n) is 5.59. The van der Waals surface area contributed by atoms with E-state index in [0.29, 0.717) is 6.54 Å². The summed E-state index contributed by atoms with van der Waals surface area (Å²) in [6, 6.07) is -0.0656. The van der Waals surface area contributed by atoms with E-state index >= 15 is 0 Å². The number of nitrogens with zero attached hydrogens (tertiary/aromatic N) is 1.